The van der Waals surface area contributed by atoms with Crippen LogP contribution >= 0.6 is 0 Å². The fourth-order valence-corrected chi connectivity index (χ4v) is 3.77. The van der Waals surface area contributed by atoms with Gasteiger partial charge >= 0.3 is 0 Å². The fourth-order valence-electron chi connectivity index (χ4n) is 3.77. The maximum Gasteiger partial charge on any atom is 0.252 e. The Bertz CT molecular complexity index is 890. The summed E-state index contributed by atoms with van der Waals surface area (Å²) >= 11 is 0. The lowest BCUT2D eigenvalue weighted by Gasteiger charge is -2.24. The number of hydrogen-bond acceptors (Lipinski definition) is 3. The number of aromatic amines is 1. The molecule has 1 saturated heterocycles. The number of rotatable bonds is 5. The van der Waals surface area contributed by atoms with Crippen molar-refractivity contribution in [3.63, 3.8) is 0 Å². The normalized spacial score (nSPS) is 20.5. The number of fused-ring (bicyclic) bond motifs is 1. The molecule has 1 aliphatic heterocycles. The first-order chi connectivity index (χ1) is 12.7. The average molecular weight is 349 g/mol. The van der Waals surface area contributed by atoms with E-state index < -0.39 is 0 Å². The number of benzene rings is 2. The molecule has 0 radical (unpaired) electrons. The second kappa shape index (κ2) is 7.32. The summed E-state index contributed by atoms with van der Waals surface area (Å²) in [5, 5.41) is 14.1. The van der Waals surface area contributed by atoms with Crippen LogP contribution in [-0.2, 0) is 6.54 Å². The van der Waals surface area contributed by atoms with Crippen LogP contribution in [0.25, 0.3) is 10.9 Å². The van der Waals surface area contributed by atoms with Gasteiger partial charge in [-0.3, -0.25) is 9.69 Å². The van der Waals surface area contributed by atoms with Gasteiger partial charge in [-0.15, -0.1) is 0 Å². The Balaban J connectivity index is 1.42. The van der Waals surface area contributed by atoms with Crippen LogP contribution in [0.5, 0.6) is 0 Å². The lowest BCUT2D eigenvalue weighted by Crippen LogP contribution is -2.39. The molecule has 0 saturated carbocycles. The summed E-state index contributed by atoms with van der Waals surface area (Å²) in [4.78, 5) is 18.0. The van der Waals surface area contributed by atoms with E-state index >= 15 is 0 Å². The predicted molar refractivity (Wildman–Crippen MR) is 102 cm³/mol. The van der Waals surface area contributed by atoms with E-state index in [1.165, 1.54) is 5.56 Å². The number of aromatic nitrogens is 1. The van der Waals surface area contributed by atoms with E-state index in [4.69, 9.17) is 0 Å². The molecule has 2 heterocycles. The number of carbonyl (C=O) groups is 1. The summed E-state index contributed by atoms with van der Waals surface area (Å²) in [6, 6.07) is 18.0. The Morgan fingerprint density at radius 3 is 2.85 bits per heavy atom. The highest BCUT2D eigenvalue weighted by molar-refractivity contribution is 6.06. The average Bonchev–Trinajstić information content (AvgIpc) is 3.26. The number of H-pyrrole nitrogens is 1. The SMILES string of the molecule is O=C(NC[C@H]1C[C@@H](O)CN1Cc1ccccc1)c1cccc2[nH]ccc12. The van der Waals surface area contributed by atoms with Crippen molar-refractivity contribution in [1.29, 1.82) is 0 Å². The molecule has 3 N–H and O–H groups in total. The highest BCUT2D eigenvalue weighted by Crippen LogP contribution is 2.21. The summed E-state index contributed by atoms with van der Waals surface area (Å²) in [5.74, 6) is -0.0729. The summed E-state index contributed by atoms with van der Waals surface area (Å²) in [7, 11) is 0. The van der Waals surface area contributed by atoms with Gasteiger partial charge in [0, 0.05) is 48.3 Å². The van der Waals surface area contributed by atoms with Crippen LogP contribution in [-0.4, -0.2) is 46.1 Å². The van der Waals surface area contributed by atoms with Gasteiger partial charge in [0.05, 0.1) is 6.10 Å². The molecule has 26 heavy (non-hydrogen) atoms. The number of aliphatic hydroxyl groups excluding tert-OH is 1. The molecular formula is C21H23N3O2. The van der Waals surface area contributed by atoms with Crippen molar-refractivity contribution < 1.29 is 9.90 Å². The molecule has 2 aromatic carbocycles. The summed E-state index contributed by atoms with van der Waals surface area (Å²) in [6.45, 7) is 1.96. The van der Waals surface area contributed by atoms with Gasteiger partial charge in [0.25, 0.3) is 5.91 Å². The molecule has 0 spiro atoms. The predicted octanol–water partition coefficient (Wildman–Crippen LogP) is 2.53. The van der Waals surface area contributed by atoms with Crippen LogP contribution in [0.4, 0.5) is 0 Å². The standard InChI is InChI=1S/C21H23N3O2/c25-17-11-16(24(14-17)13-15-5-2-1-3-6-15)12-23-21(26)19-7-4-8-20-18(19)9-10-22-20/h1-10,16-17,22,25H,11-14H2,(H,23,26)/t16-,17-/m1/s1. The molecule has 3 aromatic rings. The first kappa shape index (κ1) is 16.8. The van der Waals surface area contributed by atoms with Crippen molar-refractivity contribution in [2.45, 2.75) is 25.1 Å². The van der Waals surface area contributed by atoms with Crippen molar-refractivity contribution in [3.8, 4) is 0 Å². The van der Waals surface area contributed by atoms with Gasteiger partial charge in [0.1, 0.15) is 0 Å². The number of hydrogen-bond donors (Lipinski definition) is 3. The quantitative estimate of drug-likeness (QED) is 0.663. The van der Waals surface area contributed by atoms with E-state index in [9.17, 15) is 9.90 Å². The zero-order chi connectivity index (χ0) is 17.9. The Hall–Kier alpha value is -2.63. The third kappa shape index (κ3) is 3.49. The first-order valence-electron chi connectivity index (χ1n) is 9.01. The van der Waals surface area contributed by atoms with Crippen LogP contribution in [0.1, 0.15) is 22.3 Å². The van der Waals surface area contributed by atoms with Crippen molar-refractivity contribution in [2.75, 3.05) is 13.1 Å². The first-order valence-corrected chi connectivity index (χ1v) is 9.01. The van der Waals surface area contributed by atoms with E-state index in [2.05, 4.69) is 27.3 Å². The van der Waals surface area contributed by atoms with E-state index in [1.54, 1.807) is 0 Å². The van der Waals surface area contributed by atoms with E-state index in [-0.39, 0.29) is 18.1 Å². The van der Waals surface area contributed by atoms with Crippen molar-refractivity contribution in [2.24, 2.45) is 0 Å². The second-order valence-corrected chi connectivity index (χ2v) is 6.91. The van der Waals surface area contributed by atoms with Gasteiger partial charge < -0.3 is 15.4 Å². The Labute approximate surface area is 152 Å². The van der Waals surface area contributed by atoms with Crippen molar-refractivity contribution >= 4 is 16.8 Å². The van der Waals surface area contributed by atoms with Crippen molar-refractivity contribution in [1.82, 2.24) is 15.2 Å². The van der Waals surface area contributed by atoms with Crippen molar-refractivity contribution in [3.05, 3.63) is 71.9 Å². The maximum atomic E-state index is 12.7. The smallest absolute Gasteiger partial charge is 0.252 e. The molecular weight excluding hydrogens is 326 g/mol. The Morgan fingerprint density at radius 2 is 2.00 bits per heavy atom. The van der Waals surface area contributed by atoms with Gasteiger partial charge in [-0.05, 0) is 30.2 Å². The molecule has 0 bridgehead atoms. The van der Waals surface area contributed by atoms with Gasteiger partial charge in [-0.2, -0.15) is 0 Å². The molecule has 1 aliphatic rings. The zero-order valence-electron chi connectivity index (χ0n) is 14.6. The molecule has 1 amide bonds. The van der Waals surface area contributed by atoms with E-state index in [0.29, 0.717) is 25.1 Å². The van der Waals surface area contributed by atoms with Crippen LogP contribution in [0.3, 0.4) is 0 Å². The summed E-state index contributed by atoms with van der Waals surface area (Å²) in [5.41, 5.74) is 2.85. The molecule has 1 aromatic heterocycles. The number of β-amino-alcohol motifs (C(OH)–C–C–N with tert-alkyl or cyclic N) is 1. The van der Waals surface area contributed by atoms with Gasteiger partial charge in [-0.1, -0.05) is 36.4 Å². The number of likely N-dealkylation sites (tertiary alicyclic amines) is 1. The van der Waals surface area contributed by atoms with Gasteiger partial charge in [0.15, 0.2) is 0 Å². The maximum absolute atomic E-state index is 12.7. The van der Waals surface area contributed by atoms with Crippen LogP contribution in [0.15, 0.2) is 60.8 Å². The minimum absolute atomic E-state index is 0.0729. The van der Waals surface area contributed by atoms with Crippen LogP contribution in [0, 0.1) is 0 Å². The van der Waals surface area contributed by atoms with E-state index in [0.717, 1.165) is 17.4 Å². The largest absolute Gasteiger partial charge is 0.392 e. The number of carbonyl (C=O) groups excluding carboxylic acids is 1. The Morgan fingerprint density at radius 1 is 1.15 bits per heavy atom. The highest BCUT2D eigenvalue weighted by Gasteiger charge is 2.31. The molecule has 4 rings (SSSR count). The van der Waals surface area contributed by atoms with E-state index in [1.807, 2.05) is 48.7 Å². The monoisotopic (exact) mass is 349 g/mol. The minimum atomic E-state index is -0.339. The highest BCUT2D eigenvalue weighted by atomic mass is 16.3. The third-order valence-electron chi connectivity index (χ3n) is 5.07. The summed E-state index contributed by atoms with van der Waals surface area (Å²) < 4.78 is 0. The number of nitrogens with zero attached hydrogens (tertiary/aromatic N) is 1. The molecule has 0 aliphatic carbocycles. The van der Waals surface area contributed by atoms with Crippen LogP contribution in [0.2, 0.25) is 0 Å². The van der Waals surface area contributed by atoms with Gasteiger partial charge in [-0.25, -0.2) is 0 Å². The van der Waals surface area contributed by atoms with Gasteiger partial charge in [0.2, 0.25) is 0 Å². The molecule has 1 fully saturated rings. The molecule has 2 atom stereocenters. The number of nitrogens with one attached hydrogen (secondary N) is 2. The third-order valence-corrected chi connectivity index (χ3v) is 5.07. The number of amides is 1. The minimum Gasteiger partial charge on any atom is -0.392 e. The molecule has 5 heteroatoms. The van der Waals surface area contributed by atoms with Crippen LogP contribution < -0.4 is 5.32 Å². The molecule has 134 valence electrons. The summed E-state index contributed by atoms with van der Waals surface area (Å²) in [6.07, 6.45) is 2.19. The molecule has 0 unspecified atom stereocenters. The lowest BCUT2D eigenvalue weighted by molar-refractivity contribution is 0.0941. The Kier molecular flexibility index (Phi) is 4.73. The second-order valence-electron chi connectivity index (χ2n) is 6.91. The fraction of sp³-hybridized carbons (Fsp3) is 0.286. The molecule has 5 nitrogen and oxygen atoms in total. The lowest BCUT2D eigenvalue weighted by atomic mass is 10.1. The topological polar surface area (TPSA) is 68.4 Å². The zero-order valence-corrected chi connectivity index (χ0v) is 14.6. The number of aliphatic hydroxyl groups is 1.